The van der Waals surface area contributed by atoms with Gasteiger partial charge in [-0.05, 0) is 24.3 Å². The van der Waals surface area contributed by atoms with Crippen molar-refractivity contribution in [2.24, 2.45) is 5.73 Å². The van der Waals surface area contributed by atoms with Gasteiger partial charge < -0.3 is 5.73 Å². The maximum atomic E-state index is 12.9. The van der Waals surface area contributed by atoms with E-state index in [1.807, 2.05) is 24.3 Å². The average Bonchev–Trinajstić information content (AvgIpc) is 2.44. The molecule has 1 unspecified atom stereocenters. The van der Waals surface area contributed by atoms with Crippen LogP contribution in [0.25, 0.3) is 0 Å². The van der Waals surface area contributed by atoms with Gasteiger partial charge >= 0.3 is 6.18 Å². The van der Waals surface area contributed by atoms with Crippen LogP contribution in [0.2, 0.25) is 0 Å². The number of halogens is 4. The number of rotatable bonds is 4. The third-order valence-electron chi connectivity index (χ3n) is 2.78. The molecule has 0 radical (unpaired) electrons. The van der Waals surface area contributed by atoms with Crippen LogP contribution in [0, 0.1) is 0 Å². The first kappa shape index (κ1) is 16.3. The van der Waals surface area contributed by atoms with Crippen LogP contribution in [0.4, 0.5) is 13.2 Å². The van der Waals surface area contributed by atoms with E-state index in [4.69, 9.17) is 5.73 Å². The monoisotopic (exact) mass is 376 g/mol. The number of hydrogen-bond donors (Lipinski definition) is 1. The first-order valence-corrected chi connectivity index (χ1v) is 7.81. The Morgan fingerprint density at radius 1 is 1.29 bits per heavy atom. The van der Waals surface area contributed by atoms with Crippen LogP contribution >= 0.6 is 27.7 Å². The molecule has 1 heterocycles. The van der Waals surface area contributed by atoms with Gasteiger partial charge in [0.25, 0.3) is 0 Å². The number of pyridine rings is 1. The summed E-state index contributed by atoms with van der Waals surface area (Å²) in [7, 11) is 0. The number of nitrogens with zero attached hydrogens (tertiary/aromatic N) is 1. The summed E-state index contributed by atoms with van der Waals surface area (Å²) < 4.78 is 39.7. The van der Waals surface area contributed by atoms with Gasteiger partial charge in [-0.2, -0.15) is 13.2 Å². The van der Waals surface area contributed by atoms with Gasteiger partial charge in [0.1, 0.15) is 0 Å². The van der Waals surface area contributed by atoms with Gasteiger partial charge in [-0.1, -0.05) is 22.0 Å². The molecule has 2 N–H and O–H groups in total. The second-order valence-electron chi connectivity index (χ2n) is 4.34. The molecule has 0 saturated carbocycles. The van der Waals surface area contributed by atoms with Crippen molar-refractivity contribution >= 4 is 27.7 Å². The second kappa shape index (κ2) is 6.81. The normalized spacial score (nSPS) is 13.2. The zero-order chi connectivity index (χ0) is 15.5. The van der Waals surface area contributed by atoms with Crippen molar-refractivity contribution in [3.05, 3.63) is 58.3 Å². The summed E-state index contributed by atoms with van der Waals surface area (Å²) in [5, 5.41) is 0. The predicted octanol–water partition coefficient (Wildman–Crippen LogP) is 4.66. The number of benzene rings is 1. The fraction of sp³-hybridized carbons (Fsp3) is 0.214. The molecule has 0 amide bonds. The van der Waals surface area contributed by atoms with Crippen LogP contribution in [-0.4, -0.2) is 10.7 Å². The molecular formula is C14H12BrF3N2S. The van der Waals surface area contributed by atoms with E-state index in [1.54, 1.807) is 0 Å². The van der Waals surface area contributed by atoms with Crippen molar-refractivity contribution in [3.8, 4) is 0 Å². The number of nitrogens with two attached hydrogens (primary N) is 1. The van der Waals surface area contributed by atoms with E-state index in [2.05, 4.69) is 20.9 Å². The highest BCUT2D eigenvalue weighted by Crippen LogP contribution is 2.35. The molecule has 2 nitrogen and oxygen atoms in total. The first-order valence-electron chi connectivity index (χ1n) is 6.03. The molecule has 21 heavy (non-hydrogen) atoms. The highest BCUT2D eigenvalue weighted by molar-refractivity contribution is 9.10. The molecule has 0 saturated heterocycles. The van der Waals surface area contributed by atoms with Gasteiger partial charge in [0, 0.05) is 39.1 Å². The van der Waals surface area contributed by atoms with Gasteiger partial charge in [0.05, 0.1) is 5.56 Å². The average molecular weight is 377 g/mol. The standard InChI is InChI=1S/C14H12BrF3N2S/c15-9-2-1-3-10(6-9)21-8-13(19)11-7-20-5-4-12(11)14(16,17)18/h1-7,13H,8,19H2. The summed E-state index contributed by atoms with van der Waals surface area (Å²) >= 11 is 4.76. The van der Waals surface area contributed by atoms with E-state index in [0.717, 1.165) is 21.6 Å². The Bertz CT molecular complexity index is 619. The van der Waals surface area contributed by atoms with Crippen molar-refractivity contribution in [2.45, 2.75) is 17.1 Å². The van der Waals surface area contributed by atoms with E-state index in [9.17, 15) is 13.2 Å². The Morgan fingerprint density at radius 3 is 2.71 bits per heavy atom. The molecule has 0 aliphatic carbocycles. The molecule has 0 aliphatic rings. The van der Waals surface area contributed by atoms with Crippen LogP contribution in [0.1, 0.15) is 17.2 Å². The summed E-state index contributed by atoms with van der Waals surface area (Å²) in [5.41, 5.74) is 5.20. The van der Waals surface area contributed by atoms with Gasteiger partial charge in [0.2, 0.25) is 0 Å². The number of hydrogen-bond acceptors (Lipinski definition) is 3. The zero-order valence-electron chi connectivity index (χ0n) is 10.8. The maximum Gasteiger partial charge on any atom is 0.416 e. The molecule has 1 aromatic carbocycles. The summed E-state index contributed by atoms with van der Waals surface area (Å²) in [6.07, 6.45) is -2.11. The van der Waals surface area contributed by atoms with Crippen LogP contribution in [0.3, 0.4) is 0 Å². The number of aromatic nitrogens is 1. The molecular weight excluding hydrogens is 365 g/mol. The molecule has 1 aromatic heterocycles. The quantitative estimate of drug-likeness (QED) is 0.788. The zero-order valence-corrected chi connectivity index (χ0v) is 13.2. The molecule has 7 heteroatoms. The molecule has 0 fully saturated rings. The lowest BCUT2D eigenvalue weighted by molar-refractivity contribution is -0.138. The van der Waals surface area contributed by atoms with Gasteiger partial charge in [0.15, 0.2) is 0 Å². The lowest BCUT2D eigenvalue weighted by Crippen LogP contribution is -2.19. The Balaban J connectivity index is 2.12. The second-order valence-corrected chi connectivity index (χ2v) is 6.34. The molecule has 112 valence electrons. The smallest absolute Gasteiger partial charge is 0.323 e. The van der Waals surface area contributed by atoms with Crippen LogP contribution in [0.5, 0.6) is 0 Å². The Labute approximate surface area is 133 Å². The Hall–Kier alpha value is -1.05. The third kappa shape index (κ3) is 4.46. The minimum Gasteiger partial charge on any atom is -0.323 e. The summed E-state index contributed by atoms with van der Waals surface area (Å²) in [6.45, 7) is 0. The van der Waals surface area contributed by atoms with Crippen LogP contribution in [-0.2, 0) is 6.18 Å². The minimum atomic E-state index is -4.42. The molecule has 0 spiro atoms. The SMILES string of the molecule is NC(CSc1cccc(Br)c1)c1cnccc1C(F)(F)F. The molecule has 2 rings (SSSR count). The van der Waals surface area contributed by atoms with E-state index in [1.165, 1.54) is 18.0 Å². The highest BCUT2D eigenvalue weighted by atomic mass is 79.9. The maximum absolute atomic E-state index is 12.9. The summed E-state index contributed by atoms with van der Waals surface area (Å²) in [5.74, 6) is 0.339. The van der Waals surface area contributed by atoms with Crippen molar-refractivity contribution < 1.29 is 13.2 Å². The lowest BCUT2D eigenvalue weighted by Gasteiger charge is -2.17. The van der Waals surface area contributed by atoms with E-state index in [0.29, 0.717) is 5.75 Å². The van der Waals surface area contributed by atoms with Crippen molar-refractivity contribution in [3.63, 3.8) is 0 Å². The molecule has 0 bridgehead atoms. The van der Waals surface area contributed by atoms with Crippen molar-refractivity contribution in [2.75, 3.05) is 5.75 Å². The van der Waals surface area contributed by atoms with Crippen molar-refractivity contribution in [1.29, 1.82) is 0 Å². The van der Waals surface area contributed by atoms with Crippen molar-refractivity contribution in [1.82, 2.24) is 4.98 Å². The topological polar surface area (TPSA) is 38.9 Å². The van der Waals surface area contributed by atoms with Gasteiger partial charge in [-0.3, -0.25) is 4.98 Å². The highest BCUT2D eigenvalue weighted by Gasteiger charge is 2.34. The van der Waals surface area contributed by atoms with E-state index < -0.39 is 17.8 Å². The molecule has 0 aliphatic heterocycles. The summed E-state index contributed by atoms with van der Waals surface area (Å²) in [6, 6.07) is 7.75. The van der Waals surface area contributed by atoms with Gasteiger partial charge in [-0.25, -0.2) is 0 Å². The minimum absolute atomic E-state index is 0.0208. The summed E-state index contributed by atoms with van der Waals surface area (Å²) in [4.78, 5) is 4.69. The first-order chi connectivity index (χ1) is 9.88. The van der Waals surface area contributed by atoms with Crippen LogP contribution in [0.15, 0.2) is 52.1 Å². The Morgan fingerprint density at radius 2 is 2.05 bits per heavy atom. The van der Waals surface area contributed by atoms with Gasteiger partial charge in [-0.15, -0.1) is 11.8 Å². The molecule has 2 aromatic rings. The number of alkyl halides is 3. The Kier molecular flexibility index (Phi) is 5.29. The van der Waals surface area contributed by atoms with Crippen LogP contribution < -0.4 is 5.73 Å². The van der Waals surface area contributed by atoms with E-state index >= 15 is 0 Å². The van der Waals surface area contributed by atoms with E-state index in [-0.39, 0.29) is 5.56 Å². The fourth-order valence-corrected chi connectivity index (χ4v) is 3.28. The molecule has 1 atom stereocenters. The largest absolute Gasteiger partial charge is 0.416 e. The number of thioether (sulfide) groups is 1. The lowest BCUT2D eigenvalue weighted by atomic mass is 10.0. The fourth-order valence-electron chi connectivity index (χ4n) is 1.79. The predicted molar refractivity (Wildman–Crippen MR) is 81.0 cm³/mol. The third-order valence-corrected chi connectivity index (χ3v) is 4.39.